The molecule has 1 N–H and O–H groups in total. The summed E-state index contributed by atoms with van der Waals surface area (Å²) in [4.78, 5) is 13.3. The maximum absolute atomic E-state index is 10.1. The van der Waals surface area contributed by atoms with Gasteiger partial charge in [0.05, 0.1) is 5.69 Å². The number of pyridine rings is 1. The summed E-state index contributed by atoms with van der Waals surface area (Å²) in [6, 6.07) is 12.1. The lowest BCUT2D eigenvalue weighted by Gasteiger charge is -2.34. The molecule has 0 fully saturated rings. The number of nitrogens with zero attached hydrogens (tertiary/aromatic N) is 4. The van der Waals surface area contributed by atoms with Crippen molar-refractivity contribution in [1.29, 1.82) is 0 Å². The van der Waals surface area contributed by atoms with Gasteiger partial charge < -0.3 is 14.4 Å². The molecule has 33 heavy (non-hydrogen) atoms. The fourth-order valence-corrected chi connectivity index (χ4v) is 4.09. The molecule has 3 heterocycles. The molecule has 0 aliphatic heterocycles. The van der Waals surface area contributed by atoms with Gasteiger partial charge in [-0.05, 0) is 56.5 Å². The number of hydrogen-bond acceptors (Lipinski definition) is 8. The van der Waals surface area contributed by atoms with Crippen LogP contribution in [0.25, 0.3) is 11.4 Å². The van der Waals surface area contributed by atoms with Crippen LogP contribution in [-0.4, -0.2) is 25.2 Å². The summed E-state index contributed by atoms with van der Waals surface area (Å²) in [5.74, 6) is 1.68. The van der Waals surface area contributed by atoms with Crippen LogP contribution in [0, 0.1) is 5.92 Å². The van der Waals surface area contributed by atoms with E-state index in [-0.39, 0.29) is 11.3 Å². The molecule has 0 bridgehead atoms. The predicted octanol–water partition coefficient (Wildman–Crippen LogP) is 5.36. The fourth-order valence-electron chi connectivity index (χ4n) is 3.57. The van der Waals surface area contributed by atoms with Gasteiger partial charge in [0.15, 0.2) is 0 Å². The van der Waals surface area contributed by atoms with Crippen molar-refractivity contribution in [2.24, 2.45) is 5.92 Å². The molecule has 0 saturated carbocycles. The average Bonchev–Trinajstić information content (AvgIpc) is 3.50. The first-order chi connectivity index (χ1) is 15.7. The summed E-state index contributed by atoms with van der Waals surface area (Å²) in [7, 11) is 0. The average molecular weight is 465 g/mol. The van der Waals surface area contributed by atoms with Crippen molar-refractivity contribution in [2.45, 2.75) is 52.2 Å². The highest BCUT2D eigenvalue weighted by molar-refractivity contribution is 7.09. The van der Waals surface area contributed by atoms with Gasteiger partial charge in [-0.3, -0.25) is 4.98 Å². The van der Waals surface area contributed by atoms with Crippen LogP contribution in [0.1, 0.15) is 56.8 Å². The largest absolute Gasteiger partial charge is 0.486 e. The molecule has 1 unspecified atom stereocenters. The lowest BCUT2D eigenvalue weighted by molar-refractivity contribution is 0.0420. The normalized spacial score (nSPS) is 13.8. The molecule has 0 radical (unpaired) electrons. The van der Waals surface area contributed by atoms with E-state index in [2.05, 4.69) is 48.0 Å². The molecule has 0 aliphatic rings. The highest BCUT2D eigenvalue weighted by Crippen LogP contribution is 2.39. The summed E-state index contributed by atoms with van der Waals surface area (Å²) in [6.45, 7) is 10.3. The van der Waals surface area contributed by atoms with Crippen molar-refractivity contribution in [3.05, 3.63) is 76.3 Å². The molecular weight excluding hydrogens is 436 g/mol. The molecule has 1 atom stereocenters. The van der Waals surface area contributed by atoms with Gasteiger partial charge in [-0.15, -0.1) is 11.3 Å². The molecular formula is C25H28N4O3S. The van der Waals surface area contributed by atoms with Crippen LogP contribution in [0.3, 0.4) is 0 Å². The third-order valence-corrected chi connectivity index (χ3v) is 6.71. The van der Waals surface area contributed by atoms with E-state index < -0.39 is 5.60 Å². The fraction of sp³-hybridized carbons (Fsp3) is 0.360. The summed E-state index contributed by atoms with van der Waals surface area (Å²) >= 11 is 1.58. The van der Waals surface area contributed by atoms with E-state index >= 15 is 0 Å². The number of aliphatic hydroxyl groups is 1. The van der Waals surface area contributed by atoms with Crippen molar-refractivity contribution >= 4 is 11.3 Å². The highest BCUT2D eigenvalue weighted by atomic mass is 32.1. The number of rotatable bonds is 8. The molecule has 0 saturated heterocycles. The zero-order valence-corrected chi connectivity index (χ0v) is 20.3. The van der Waals surface area contributed by atoms with E-state index in [1.165, 1.54) is 0 Å². The Hall–Kier alpha value is -3.10. The van der Waals surface area contributed by atoms with Crippen LogP contribution in [-0.2, 0) is 17.6 Å². The second kappa shape index (κ2) is 9.03. The minimum absolute atomic E-state index is 0.172. The second-order valence-corrected chi connectivity index (χ2v) is 9.99. The maximum atomic E-state index is 10.1. The topological polar surface area (TPSA) is 94.2 Å². The summed E-state index contributed by atoms with van der Waals surface area (Å²) in [6.07, 6.45) is 3.53. The molecule has 7 nitrogen and oxygen atoms in total. The van der Waals surface area contributed by atoms with Crippen molar-refractivity contribution in [3.63, 3.8) is 0 Å². The standard InChI is InChI=1S/C25H28N4O3S/c1-16(2)25(5,18-7-9-19(10-8-18)31-15-21-26-12-13-33-21)20-11-6-17(14-27-20)22-28-23(32-29-22)24(3,4)30/h6-14,16,30H,15H2,1-5H3. The second-order valence-electron chi connectivity index (χ2n) is 9.01. The molecule has 0 aliphatic carbocycles. The van der Waals surface area contributed by atoms with Crippen LogP contribution in [0.2, 0.25) is 0 Å². The summed E-state index contributed by atoms with van der Waals surface area (Å²) in [5, 5.41) is 16.9. The zero-order valence-electron chi connectivity index (χ0n) is 19.4. The highest BCUT2D eigenvalue weighted by Gasteiger charge is 2.34. The van der Waals surface area contributed by atoms with Gasteiger partial charge in [0.1, 0.15) is 23.0 Å². The Kier molecular flexibility index (Phi) is 6.32. The zero-order chi connectivity index (χ0) is 23.6. The third kappa shape index (κ3) is 4.82. The van der Waals surface area contributed by atoms with Crippen LogP contribution in [0.15, 0.2) is 58.7 Å². The van der Waals surface area contributed by atoms with Crippen molar-refractivity contribution in [1.82, 2.24) is 20.1 Å². The minimum Gasteiger partial charge on any atom is -0.486 e. The minimum atomic E-state index is -1.19. The Morgan fingerprint density at radius 1 is 1.06 bits per heavy atom. The van der Waals surface area contributed by atoms with Gasteiger partial charge in [0.25, 0.3) is 5.89 Å². The monoisotopic (exact) mass is 464 g/mol. The van der Waals surface area contributed by atoms with Gasteiger partial charge >= 0.3 is 0 Å². The van der Waals surface area contributed by atoms with Crippen LogP contribution in [0.4, 0.5) is 0 Å². The molecule has 0 amide bonds. The molecule has 4 aromatic rings. The van der Waals surface area contributed by atoms with Crippen LogP contribution in [0.5, 0.6) is 5.75 Å². The van der Waals surface area contributed by atoms with E-state index in [9.17, 15) is 5.11 Å². The van der Waals surface area contributed by atoms with Gasteiger partial charge in [-0.1, -0.05) is 31.1 Å². The van der Waals surface area contributed by atoms with E-state index in [4.69, 9.17) is 14.2 Å². The Morgan fingerprint density at radius 3 is 2.36 bits per heavy atom. The number of benzene rings is 1. The lowest BCUT2D eigenvalue weighted by atomic mass is 9.70. The smallest absolute Gasteiger partial charge is 0.258 e. The Labute approximate surface area is 197 Å². The van der Waals surface area contributed by atoms with Crippen molar-refractivity contribution < 1.29 is 14.4 Å². The quantitative estimate of drug-likeness (QED) is 0.375. The molecule has 8 heteroatoms. The first-order valence-corrected chi connectivity index (χ1v) is 11.7. The molecule has 3 aromatic heterocycles. The molecule has 172 valence electrons. The number of aromatic nitrogens is 4. The van der Waals surface area contributed by atoms with Crippen LogP contribution >= 0.6 is 11.3 Å². The van der Waals surface area contributed by atoms with Crippen molar-refractivity contribution in [3.8, 4) is 17.1 Å². The molecule has 0 spiro atoms. The summed E-state index contributed by atoms with van der Waals surface area (Å²) in [5.41, 5.74) is 1.34. The van der Waals surface area contributed by atoms with E-state index in [0.29, 0.717) is 18.3 Å². The van der Waals surface area contributed by atoms with Gasteiger partial charge in [0, 0.05) is 28.8 Å². The Morgan fingerprint density at radius 2 is 1.82 bits per heavy atom. The lowest BCUT2D eigenvalue weighted by Crippen LogP contribution is -2.31. The van der Waals surface area contributed by atoms with Gasteiger partial charge in [-0.2, -0.15) is 4.98 Å². The molecule has 4 rings (SSSR count). The predicted molar refractivity (Wildman–Crippen MR) is 127 cm³/mol. The number of ether oxygens (including phenoxy) is 1. The van der Waals surface area contributed by atoms with Crippen LogP contribution < -0.4 is 4.74 Å². The van der Waals surface area contributed by atoms with Gasteiger partial charge in [0.2, 0.25) is 5.82 Å². The third-order valence-electron chi connectivity index (χ3n) is 5.96. The number of hydrogen-bond donors (Lipinski definition) is 1. The Bertz CT molecular complexity index is 1180. The summed E-state index contributed by atoms with van der Waals surface area (Å²) < 4.78 is 11.1. The SMILES string of the molecule is CC(C)C(C)(c1ccc(OCc2nccs2)cc1)c1ccc(-c2noc(C(C)(C)O)n2)cn1. The Balaban J connectivity index is 1.56. The van der Waals surface area contributed by atoms with E-state index in [1.54, 1.807) is 37.6 Å². The van der Waals surface area contributed by atoms with E-state index in [1.807, 2.05) is 29.6 Å². The van der Waals surface area contributed by atoms with E-state index in [0.717, 1.165) is 27.6 Å². The van der Waals surface area contributed by atoms with Crippen molar-refractivity contribution in [2.75, 3.05) is 0 Å². The molecule has 1 aromatic carbocycles. The van der Waals surface area contributed by atoms with Gasteiger partial charge in [-0.25, -0.2) is 4.98 Å². The first kappa shape index (κ1) is 23.1. The maximum Gasteiger partial charge on any atom is 0.258 e. The number of thiazole rings is 1. The first-order valence-electron chi connectivity index (χ1n) is 10.8.